The standard InChI is InChI=1S/C18H23F3N4O3/c1-3-4-9-27-10-14-15(17(23)26)16(22)25(24-14)11(2)12-5-7-13(8-6-12)28-18(19,20)21/h5-8,11H,3-4,9-10,22H2,1-2H3,(H2,23,26). The van der Waals surface area contributed by atoms with Gasteiger partial charge in [0.25, 0.3) is 5.91 Å². The summed E-state index contributed by atoms with van der Waals surface area (Å²) in [4.78, 5) is 11.8. The fourth-order valence-electron chi connectivity index (χ4n) is 2.67. The average Bonchev–Trinajstić information content (AvgIpc) is 2.94. The molecule has 1 unspecified atom stereocenters. The van der Waals surface area contributed by atoms with Gasteiger partial charge in [-0.3, -0.25) is 4.79 Å². The molecule has 1 aromatic carbocycles. The first-order valence-corrected chi connectivity index (χ1v) is 8.74. The zero-order chi connectivity index (χ0) is 20.9. The van der Waals surface area contributed by atoms with Crippen molar-refractivity contribution >= 4 is 11.7 Å². The van der Waals surface area contributed by atoms with Gasteiger partial charge in [0.05, 0.1) is 12.6 Å². The van der Waals surface area contributed by atoms with Crippen molar-refractivity contribution in [1.29, 1.82) is 0 Å². The van der Waals surface area contributed by atoms with Gasteiger partial charge >= 0.3 is 6.36 Å². The molecule has 1 aromatic heterocycles. The molecule has 7 nitrogen and oxygen atoms in total. The minimum absolute atomic E-state index is 0.0738. The Labute approximate surface area is 160 Å². The number of carbonyl (C=O) groups excluding carboxylic acids is 1. The van der Waals surface area contributed by atoms with Crippen LogP contribution in [0.1, 0.15) is 54.3 Å². The maximum absolute atomic E-state index is 12.3. The largest absolute Gasteiger partial charge is 0.573 e. The molecule has 0 bridgehead atoms. The number of hydrogen-bond donors (Lipinski definition) is 2. The van der Waals surface area contributed by atoms with E-state index in [4.69, 9.17) is 16.2 Å². The van der Waals surface area contributed by atoms with E-state index in [0.29, 0.717) is 17.9 Å². The smallest absolute Gasteiger partial charge is 0.406 e. The van der Waals surface area contributed by atoms with Gasteiger partial charge in [-0.05, 0) is 31.0 Å². The second-order valence-corrected chi connectivity index (χ2v) is 6.21. The number of halogens is 3. The predicted octanol–water partition coefficient (Wildman–Crippen LogP) is 3.39. The maximum Gasteiger partial charge on any atom is 0.573 e. The zero-order valence-electron chi connectivity index (χ0n) is 15.6. The second-order valence-electron chi connectivity index (χ2n) is 6.21. The molecule has 2 aromatic rings. The van der Waals surface area contributed by atoms with Gasteiger partial charge < -0.3 is 20.9 Å². The van der Waals surface area contributed by atoms with E-state index in [0.717, 1.165) is 12.8 Å². The molecule has 0 radical (unpaired) electrons. The molecule has 4 N–H and O–H groups in total. The van der Waals surface area contributed by atoms with E-state index in [2.05, 4.69) is 9.84 Å². The van der Waals surface area contributed by atoms with Gasteiger partial charge in [-0.15, -0.1) is 13.2 Å². The SMILES string of the molecule is CCCCOCc1nn(C(C)c2ccc(OC(F)(F)F)cc2)c(N)c1C(N)=O. The summed E-state index contributed by atoms with van der Waals surface area (Å²) in [5.41, 5.74) is 12.5. The fraction of sp³-hybridized carbons (Fsp3) is 0.444. The van der Waals surface area contributed by atoms with E-state index in [1.165, 1.54) is 28.9 Å². The minimum Gasteiger partial charge on any atom is -0.406 e. The lowest BCUT2D eigenvalue weighted by molar-refractivity contribution is -0.274. The molecule has 0 fully saturated rings. The van der Waals surface area contributed by atoms with E-state index in [-0.39, 0.29) is 23.7 Å². The summed E-state index contributed by atoms with van der Waals surface area (Å²) in [7, 11) is 0. The van der Waals surface area contributed by atoms with Crippen molar-refractivity contribution in [3.63, 3.8) is 0 Å². The van der Waals surface area contributed by atoms with Crippen molar-refractivity contribution in [2.24, 2.45) is 5.73 Å². The highest BCUT2D eigenvalue weighted by atomic mass is 19.4. The molecule has 0 aliphatic heterocycles. The third-order valence-corrected chi connectivity index (χ3v) is 4.11. The van der Waals surface area contributed by atoms with E-state index in [1.807, 2.05) is 6.92 Å². The lowest BCUT2D eigenvalue weighted by Gasteiger charge is -2.15. The quantitative estimate of drug-likeness (QED) is 0.628. The number of ether oxygens (including phenoxy) is 2. The van der Waals surface area contributed by atoms with Gasteiger partial charge in [0.1, 0.15) is 22.8 Å². The van der Waals surface area contributed by atoms with Crippen LogP contribution in [0.4, 0.5) is 19.0 Å². The molecule has 1 heterocycles. The van der Waals surface area contributed by atoms with Gasteiger partial charge in [-0.2, -0.15) is 5.10 Å². The number of nitrogens with two attached hydrogens (primary N) is 2. The number of nitrogens with zero attached hydrogens (tertiary/aromatic N) is 2. The zero-order valence-corrected chi connectivity index (χ0v) is 15.6. The van der Waals surface area contributed by atoms with E-state index >= 15 is 0 Å². The van der Waals surface area contributed by atoms with Crippen LogP contribution in [0.3, 0.4) is 0 Å². The van der Waals surface area contributed by atoms with Crippen LogP contribution in [0, 0.1) is 0 Å². The number of rotatable bonds is 9. The van der Waals surface area contributed by atoms with Crippen molar-refractivity contribution in [1.82, 2.24) is 9.78 Å². The van der Waals surface area contributed by atoms with Crippen molar-refractivity contribution < 1.29 is 27.4 Å². The number of aromatic nitrogens is 2. The van der Waals surface area contributed by atoms with Gasteiger partial charge in [0, 0.05) is 6.61 Å². The van der Waals surface area contributed by atoms with Crippen molar-refractivity contribution in [3.8, 4) is 5.75 Å². The molecule has 10 heteroatoms. The molecule has 28 heavy (non-hydrogen) atoms. The molecule has 0 aliphatic carbocycles. The molecule has 2 rings (SSSR count). The van der Waals surface area contributed by atoms with Crippen LogP contribution < -0.4 is 16.2 Å². The van der Waals surface area contributed by atoms with Crippen molar-refractivity contribution in [2.45, 2.75) is 45.7 Å². The summed E-state index contributed by atoms with van der Waals surface area (Å²) in [6.07, 6.45) is -2.93. The number of unbranched alkanes of at least 4 members (excludes halogenated alkanes) is 1. The molecule has 0 saturated carbocycles. The topological polar surface area (TPSA) is 105 Å². The summed E-state index contributed by atoms with van der Waals surface area (Å²) >= 11 is 0. The third kappa shape index (κ3) is 5.38. The monoisotopic (exact) mass is 400 g/mol. The normalized spacial score (nSPS) is 12.8. The number of amides is 1. The number of alkyl halides is 3. The number of primary amides is 1. The first-order valence-electron chi connectivity index (χ1n) is 8.74. The molecule has 0 spiro atoms. The molecule has 154 valence electrons. The number of hydrogen-bond acceptors (Lipinski definition) is 5. The Morgan fingerprint density at radius 3 is 2.46 bits per heavy atom. The Hall–Kier alpha value is -2.75. The van der Waals surface area contributed by atoms with Gasteiger partial charge in [0.2, 0.25) is 0 Å². The number of nitrogen functional groups attached to an aromatic ring is 1. The fourth-order valence-corrected chi connectivity index (χ4v) is 2.67. The number of carbonyl (C=O) groups is 1. The summed E-state index contributed by atoms with van der Waals surface area (Å²) in [5, 5.41) is 4.34. The van der Waals surface area contributed by atoms with Gasteiger partial charge in [0.15, 0.2) is 0 Å². The summed E-state index contributed by atoms with van der Waals surface area (Å²) in [5.74, 6) is -0.983. The van der Waals surface area contributed by atoms with Crippen LogP contribution in [-0.4, -0.2) is 28.7 Å². The molecular formula is C18H23F3N4O3. The third-order valence-electron chi connectivity index (χ3n) is 4.11. The van der Waals surface area contributed by atoms with Crippen LogP contribution in [0.5, 0.6) is 5.75 Å². The highest BCUT2D eigenvalue weighted by molar-refractivity contribution is 5.98. The predicted molar refractivity (Wildman–Crippen MR) is 96.7 cm³/mol. The molecule has 0 saturated heterocycles. The van der Waals surface area contributed by atoms with E-state index in [9.17, 15) is 18.0 Å². The first kappa shape index (κ1) is 21.5. The number of anilines is 1. The van der Waals surface area contributed by atoms with Crippen LogP contribution in [-0.2, 0) is 11.3 Å². The van der Waals surface area contributed by atoms with Crippen LogP contribution in [0.2, 0.25) is 0 Å². The average molecular weight is 400 g/mol. The Kier molecular flexibility index (Phi) is 6.90. The lowest BCUT2D eigenvalue weighted by atomic mass is 10.1. The van der Waals surface area contributed by atoms with E-state index in [1.54, 1.807) is 6.92 Å². The Balaban J connectivity index is 2.24. The Morgan fingerprint density at radius 2 is 1.93 bits per heavy atom. The van der Waals surface area contributed by atoms with Crippen LogP contribution in [0.15, 0.2) is 24.3 Å². The number of benzene rings is 1. The maximum atomic E-state index is 12.3. The van der Waals surface area contributed by atoms with Crippen LogP contribution >= 0.6 is 0 Å². The first-order chi connectivity index (χ1) is 13.1. The Morgan fingerprint density at radius 1 is 1.29 bits per heavy atom. The Bertz CT molecular complexity index is 804. The van der Waals surface area contributed by atoms with Gasteiger partial charge in [-0.1, -0.05) is 25.5 Å². The lowest BCUT2D eigenvalue weighted by Crippen LogP contribution is -2.17. The summed E-state index contributed by atoms with van der Waals surface area (Å²) in [6, 6.07) is 4.87. The van der Waals surface area contributed by atoms with Gasteiger partial charge in [-0.25, -0.2) is 4.68 Å². The highest BCUT2D eigenvalue weighted by Gasteiger charge is 2.31. The second kappa shape index (κ2) is 8.96. The van der Waals surface area contributed by atoms with Crippen molar-refractivity contribution in [2.75, 3.05) is 12.3 Å². The molecule has 0 aliphatic rings. The van der Waals surface area contributed by atoms with E-state index < -0.39 is 18.3 Å². The minimum atomic E-state index is -4.76. The summed E-state index contributed by atoms with van der Waals surface area (Å²) < 4.78 is 47.6. The molecule has 1 atom stereocenters. The van der Waals surface area contributed by atoms with Crippen LogP contribution in [0.25, 0.3) is 0 Å². The molecule has 1 amide bonds. The highest BCUT2D eigenvalue weighted by Crippen LogP contribution is 2.28. The summed E-state index contributed by atoms with van der Waals surface area (Å²) in [6.45, 7) is 4.37. The molecular weight excluding hydrogens is 377 g/mol. The van der Waals surface area contributed by atoms with Crippen molar-refractivity contribution in [3.05, 3.63) is 41.1 Å².